The summed E-state index contributed by atoms with van der Waals surface area (Å²) in [7, 11) is 1.93. The van der Waals surface area contributed by atoms with E-state index in [0.717, 1.165) is 23.3 Å². The van der Waals surface area contributed by atoms with Gasteiger partial charge >= 0.3 is 0 Å². The third-order valence-electron chi connectivity index (χ3n) is 3.41. The van der Waals surface area contributed by atoms with E-state index in [2.05, 4.69) is 38.4 Å². The van der Waals surface area contributed by atoms with Crippen LogP contribution in [0.15, 0.2) is 16.8 Å². The molecule has 3 heterocycles. The van der Waals surface area contributed by atoms with E-state index in [9.17, 15) is 0 Å². The van der Waals surface area contributed by atoms with E-state index < -0.39 is 0 Å². The van der Waals surface area contributed by atoms with Gasteiger partial charge in [0.2, 0.25) is 5.95 Å². The molecule has 0 aliphatic heterocycles. The predicted molar refractivity (Wildman–Crippen MR) is 78.4 cm³/mol. The van der Waals surface area contributed by atoms with E-state index in [1.54, 1.807) is 11.3 Å². The van der Waals surface area contributed by atoms with Gasteiger partial charge < -0.3 is 5.73 Å². The van der Waals surface area contributed by atoms with Crippen molar-refractivity contribution in [1.29, 1.82) is 0 Å². The van der Waals surface area contributed by atoms with Crippen LogP contribution in [0.5, 0.6) is 0 Å². The first kappa shape index (κ1) is 12.2. The maximum absolute atomic E-state index is 6.08. The molecule has 0 saturated carbocycles. The molecule has 0 aliphatic rings. The van der Waals surface area contributed by atoms with E-state index in [-0.39, 0.29) is 6.04 Å². The van der Waals surface area contributed by atoms with Crippen molar-refractivity contribution in [2.75, 3.05) is 5.73 Å². The molecular formula is C13H17N5S. The second-order valence-electron chi connectivity index (χ2n) is 4.91. The zero-order chi connectivity index (χ0) is 13.6. The first-order chi connectivity index (χ1) is 9.08. The lowest BCUT2D eigenvalue weighted by Gasteiger charge is -2.15. The SMILES string of the molecule is Cc1nn(C)c2c1nc(N)n2C(C)Cc1ccsc1. The molecule has 0 aliphatic carbocycles. The molecule has 100 valence electrons. The molecule has 0 fully saturated rings. The lowest BCUT2D eigenvalue weighted by molar-refractivity contribution is 0.552. The zero-order valence-electron chi connectivity index (χ0n) is 11.3. The van der Waals surface area contributed by atoms with E-state index in [0.29, 0.717) is 5.95 Å². The molecule has 1 atom stereocenters. The fourth-order valence-corrected chi connectivity index (χ4v) is 3.27. The molecule has 0 radical (unpaired) electrons. The second kappa shape index (κ2) is 4.38. The lowest BCUT2D eigenvalue weighted by atomic mass is 10.1. The number of rotatable bonds is 3. The molecule has 0 amide bonds. The van der Waals surface area contributed by atoms with Gasteiger partial charge in [-0.15, -0.1) is 0 Å². The summed E-state index contributed by atoms with van der Waals surface area (Å²) in [5.74, 6) is 0.564. The number of nitrogens with two attached hydrogens (primary N) is 1. The number of thiophene rings is 1. The van der Waals surface area contributed by atoms with Gasteiger partial charge in [0.25, 0.3) is 0 Å². The molecule has 0 saturated heterocycles. The Hall–Kier alpha value is -1.82. The highest BCUT2D eigenvalue weighted by atomic mass is 32.1. The van der Waals surface area contributed by atoms with Crippen molar-refractivity contribution >= 4 is 28.4 Å². The van der Waals surface area contributed by atoms with Gasteiger partial charge in [0.1, 0.15) is 5.52 Å². The Morgan fingerprint density at radius 2 is 2.26 bits per heavy atom. The van der Waals surface area contributed by atoms with Crippen molar-refractivity contribution in [2.24, 2.45) is 7.05 Å². The summed E-state index contributed by atoms with van der Waals surface area (Å²) in [6.45, 7) is 4.13. The summed E-state index contributed by atoms with van der Waals surface area (Å²) in [6.07, 6.45) is 0.948. The van der Waals surface area contributed by atoms with Gasteiger partial charge in [0, 0.05) is 13.1 Å². The highest BCUT2D eigenvalue weighted by molar-refractivity contribution is 7.07. The van der Waals surface area contributed by atoms with Crippen LogP contribution < -0.4 is 5.73 Å². The smallest absolute Gasteiger partial charge is 0.202 e. The Morgan fingerprint density at radius 1 is 1.47 bits per heavy atom. The monoisotopic (exact) mass is 275 g/mol. The van der Waals surface area contributed by atoms with Gasteiger partial charge in [0.05, 0.1) is 5.69 Å². The lowest BCUT2D eigenvalue weighted by Crippen LogP contribution is -2.13. The predicted octanol–water partition coefficient (Wildman–Crippen LogP) is 2.53. The summed E-state index contributed by atoms with van der Waals surface area (Å²) in [5, 5.41) is 8.69. The number of aromatic nitrogens is 4. The van der Waals surface area contributed by atoms with E-state index in [1.165, 1.54) is 5.56 Å². The van der Waals surface area contributed by atoms with Gasteiger partial charge in [-0.1, -0.05) is 0 Å². The van der Waals surface area contributed by atoms with Crippen LogP contribution in [0.4, 0.5) is 5.95 Å². The van der Waals surface area contributed by atoms with E-state index >= 15 is 0 Å². The summed E-state index contributed by atoms with van der Waals surface area (Å²) >= 11 is 1.72. The third kappa shape index (κ3) is 1.92. The van der Waals surface area contributed by atoms with E-state index in [4.69, 9.17) is 5.73 Å². The number of fused-ring (bicyclic) bond motifs is 1. The summed E-state index contributed by atoms with van der Waals surface area (Å²) in [5.41, 5.74) is 10.2. The number of nitrogens with zero attached hydrogens (tertiary/aromatic N) is 4. The number of hydrogen-bond acceptors (Lipinski definition) is 4. The van der Waals surface area contributed by atoms with Crippen molar-refractivity contribution in [3.05, 3.63) is 28.1 Å². The Balaban J connectivity index is 2.06. The maximum Gasteiger partial charge on any atom is 0.202 e. The molecule has 3 rings (SSSR count). The topological polar surface area (TPSA) is 61.7 Å². The summed E-state index contributed by atoms with van der Waals surface area (Å²) in [6, 6.07) is 2.41. The van der Waals surface area contributed by atoms with Crippen LogP contribution in [-0.2, 0) is 13.5 Å². The average molecular weight is 275 g/mol. The molecule has 3 aromatic heterocycles. The fraction of sp³-hybridized carbons (Fsp3) is 0.385. The van der Waals surface area contributed by atoms with Crippen molar-refractivity contribution in [2.45, 2.75) is 26.3 Å². The molecule has 19 heavy (non-hydrogen) atoms. The minimum Gasteiger partial charge on any atom is -0.369 e. The van der Waals surface area contributed by atoms with Crippen LogP contribution in [0, 0.1) is 6.92 Å². The van der Waals surface area contributed by atoms with Crippen molar-refractivity contribution < 1.29 is 0 Å². The normalized spacial score (nSPS) is 13.2. The van der Waals surface area contributed by atoms with Crippen LogP contribution in [-0.4, -0.2) is 19.3 Å². The molecule has 1 unspecified atom stereocenters. The molecule has 6 heteroatoms. The second-order valence-corrected chi connectivity index (χ2v) is 5.69. The number of aryl methyl sites for hydroxylation is 2. The Morgan fingerprint density at radius 3 is 2.95 bits per heavy atom. The number of imidazole rings is 1. The van der Waals surface area contributed by atoms with Crippen LogP contribution >= 0.6 is 11.3 Å². The van der Waals surface area contributed by atoms with Gasteiger partial charge in [-0.2, -0.15) is 16.4 Å². The van der Waals surface area contributed by atoms with Gasteiger partial charge in [0.15, 0.2) is 5.65 Å². The van der Waals surface area contributed by atoms with Crippen molar-refractivity contribution in [3.8, 4) is 0 Å². The molecular weight excluding hydrogens is 258 g/mol. The van der Waals surface area contributed by atoms with Crippen molar-refractivity contribution in [1.82, 2.24) is 19.3 Å². The third-order valence-corrected chi connectivity index (χ3v) is 4.15. The van der Waals surface area contributed by atoms with Gasteiger partial charge in [-0.3, -0.25) is 9.25 Å². The molecule has 5 nitrogen and oxygen atoms in total. The first-order valence-electron chi connectivity index (χ1n) is 6.26. The minimum atomic E-state index is 0.259. The Bertz CT molecular complexity index is 707. The Kier molecular flexibility index (Phi) is 2.82. The molecule has 3 aromatic rings. The number of nitrogen functional groups attached to an aromatic ring is 1. The first-order valence-corrected chi connectivity index (χ1v) is 7.20. The van der Waals surface area contributed by atoms with E-state index in [1.807, 2.05) is 18.7 Å². The van der Waals surface area contributed by atoms with Crippen LogP contribution in [0.3, 0.4) is 0 Å². The van der Waals surface area contributed by atoms with Gasteiger partial charge in [-0.25, -0.2) is 4.98 Å². The van der Waals surface area contributed by atoms with Crippen LogP contribution in [0.25, 0.3) is 11.2 Å². The molecule has 0 spiro atoms. The summed E-state index contributed by atoms with van der Waals surface area (Å²) in [4.78, 5) is 4.44. The quantitative estimate of drug-likeness (QED) is 0.799. The van der Waals surface area contributed by atoms with Crippen molar-refractivity contribution in [3.63, 3.8) is 0 Å². The highest BCUT2D eigenvalue weighted by Crippen LogP contribution is 2.26. The number of anilines is 1. The Labute approximate surface area is 115 Å². The minimum absolute atomic E-state index is 0.259. The van der Waals surface area contributed by atoms with Crippen LogP contribution in [0.2, 0.25) is 0 Å². The summed E-state index contributed by atoms with van der Waals surface area (Å²) < 4.78 is 3.94. The maximum atomic E-state index is 6.08. The molecule has 0 aromatic carbocycles. The fourth-order valence-electron chi connectivity index (χ4n) is 2.59. The highest BCUT2D eigenvalue weighted by Gasteiger charge is 2.19. The van der Waals surface area contributed by atoms with Gasteiger partial charge in [-0.05, 0) is 42.7 Å². The zero-order valence-corrected chi connectivity index (χ0v) is 12.1. The standard InChI is InChI=1S/C13H17N5S/c1-8(6-10-4-5-19-7-10)18-12-11(15-13(18)14)9(2)16-17(12)3/h4-5,7-8H,6H2,1-3H3,(H2,14,15). The molecule has 2 N–H and O–H groups in total. The average Bonchev–Trinajstić information content (AvgIpc) is 3.00. The van der Waals surface area contributed by atoms with Crippen LogP contribution in [0.1, 0.15) is 24.2 Å². The largest absolute Gasteiger partial charge is 0.369 e. The molecule has 0 bridgehead atoms. The number of hydrogen-bond donors (Lipinski definition) is 1.